The molecule has 0 spiro atoms. The second-order valence-corrected chi connectivity index (χ2v) is 6.22. The van der Waals surface area contributed by atoms with Crippen LogP contribution >= 0.6 is 22.7 Å². The molecule has 114 valence electrons. The summed E-state index contributed by atoms with van der Waals surface area (Å²) in [6.45, 7) is 1.51. The maximum absolute atomic E-state index is 11.8. The smallest absolute Gasteiger partial charge is 0.326 e. The van der Waals surface area contributed by atoms with Crippen LogP contribution in [-0.2, 0) is 22.7 Å². The van der Waals surface area contributed by atoms with Crippen LogP contribution in [0.2, 0.25) is 0 Å². The molecule has 0 atom stereocenters. The standard InChI is InChI=1S/C13H11N3O4S2/c1-8-7-22-13(19)16(8)5-11(18)20-6-9-4-10(17)15-2-3-21-12(15)14-9/h2-4,7H,5-6H2,1H3. The molecule has 3 heterocycles. The third-order valence-corrected chi connectivity index (χ3v) is 4.64. The van der Waals surface area contributed by atoms with E-state index >= 15 is 0 Å². The fourth-order valence-electron chi connectivity index (χ4n) is 1.89. The van der Waals surface area contributed by atoms with Crippen LogP contribution in [0.15, 0.2) is 32.6 Å². The molecule has 22 heavy (non-hydrogen) atoms. The van der Waals surface area contributed by atoms with E-state index in [1.807, 2.05) is 0 Å². The Morgan fingerprint density at radius 3 is 2.91 bits per heavy atom. The highest BCUT2D eigenvalue weighted by molar-refractivity contribution is 7.15. The summed E-state index contributed by atoms with van der Waals surface area (Å²) < 4.78 is 7.86. The quantitative estimate of drug-likeness (QED) is 0.664. The highest BCUT2D eigenvalue weighted by Crippen LogP contribution is 2.07. The van der Waals surface area contributed by atoms with Crippen molar-refractivity contribution in [3.63, 3.8) is 0 Å². The summed E-state index contributed by atoms with van der Waals surface area (Å²) in [5.74, 6) is -0.545. The van der Waals surface area contributed by atoms with Crippen LogP contribution in [0.5, 0.6) is 0 Å². The van der Waals surface area contributed by atoms with E-state index in [1.165, 1.54) is 26.4 Å². The molecular weight excluding hydrogens is 326 g/mol. The summed E-state index contributed by atoms with van der Waals surface area (Å²) in [6.07, 6.45) is 1.64. The molecule has 9 heteroatoms. The Morgan fingerprint density at radius 2 is 2.18 bits per heavy atom. The average Bonchev–Trinajstić information content (AvgIpc) is 3.07. The van der Waals surface area contributed by atoms with E-state index in [2.05, 4.69) is 4.98 Å². The number of aromatic nitrogens is 3. The second kappa shape index (κ2) is 5.85. The lowest BCUT2D eigenvalue weighted by molar-refractivity contribution is -0.145. The molecule has 0 amide bonds. The van der Waals surface area contributed by atoms with E-state index in [0.29, 0.717) is 16.3 Å². The van der Waals surface area contributed by atoms with Crippen molar-refractivity contribution in [2.75, 3.05) is 0 Å². The number of fused-ring (bicyclic) bond motifs is 1. The Bertz CT molecular complexity index is 950. The molecule has 3 aromatic rings. The van der Waals surface area contributed by atoms with Crippen molar-refractivity contribution in [3.05, 3.63) is 54.4 Å². The third kappa shape index (κ3) is 2.85. The van der Waals surface area contributed by atoms with Gasteiger partial charge in [0.15, 0.2) is 4.96 Å². The van der Waals surface area contributed by atoms with Crippen molar-refractivity contribution in [1.82, 2.24) is 14.0 Å². The zero-order valence-corrected chi connectivity index (χ0v) is 13.1. The maximum atomic E-state index is 11.8. The number of hydrogen-bond acceptors (Lipinski definition) is 7. The average molecular weight is 337 g/mol. The fourth-order valence-corrected chi connectivity index (χ4v) is 3.36. The van der Waals surface area contributed by atoms with Gasteiger partial charge >= 0.3 is 10.8 Å². The first-order chi connectivity index (χ1) is 10.5. The first-order valence-electron chi connectivity index (χ1n) is 6.31. The molecule has 7 nitrogen and oxygen atoms in total. The van der Waals surface area contributed by atoms with Crippen molar-refractivity contribution in [1.29, 1.82) is 0 Å². The van der Waals surface area contributed by atoms with Gasteiger partial charge in [0.1, 0.15) is 13.2 Å². The number of nitrogens with zero attached hydrogens (tertiary/aromatic N) is 3. The van der Waals surface area contributed by atoms with E-state index in [0.717, 1.165) is 11.3 Å². The predicted molar refractivity (Wildman–Crippen MR) is 82.5 cm³/mol. The molecule has 3 aromatic heterocycles. The predicted octanol–water partition coefficient (Wildman–Crippen LogP) is 1.03. The first-order valence-corrected chi connectivity index (χ1v) is 8.07. The molecule has 0 radical (unpaired) electrons. The third-order valence-electron chi connectivity index (χ3n) is 3.00. The van der Waals surface area contributed by atoms with E-state index in [-0.39, 0.29) is 23.6 Å². The van der Waals surface area contributed by atoms with Crippen LogP contribution in [0, 0.1) is 6.92 Å². The summed E-state index contributed by atoms with van der Waals surface area (Å²) in [4.78, 5) is 39.7. The second-order valence-electron chi connectivity index (χ2n) is 4.53. The molecule has 0 N–H and O–H groups in total. The Balaban J connectivity index is 1.70. The van der Waals surface area contributed by atoms with E-state index in [4.69, 9.17) is 4.74 Å². The molecule has 0 unspecified atom stereocenters. The summed E-state index contributed by atoms with van der Waals surface area (Å²) in [6, 6.07) is 1.33. The van der Waals surface area contributed by atoms with Crippen molar-refractivity contribution in [2.24, 2.45) is 0 Å². The van der Waals surface area contributed by atoms with Gasteiger partial charge in [-0.1, -0.05) is 11.3 Å². The van der Waals surface area contributed by atoms with E-state index in [1.54, 1.807) is 23.9 Å². The number of thiazole rings is 2. The van der Waals surface area contributed by atoms with Gasteiger partial charge in [-0.15, -0.1) is 11.3 Å². The molecule has 0 saturated heterocycles. The van der Waals surface area contributed by atoms with Crippen molar-refractivity contribution in [2.45, 2.75) is 20.1 Å². The minimum Gasteiger partial charge on any atom is -0.458 e. The maximum Gasteiger partial charge on any atom is 0.326 e. The summed E-state index contributed by atoms with van der Waals surface area (Å²) in [5.41, 5.74) is 0.876. The van der Waals surface area contributed by atoms with Gasteiger partial charge in [-0.2, -0.15) is 0 Å². The van der Waals surface area contributed by atoms with Crippen LogP contribution in [0.1, 0.15) is 11.4 Å². The highest BCUT2D eigenvalue weighted by atomic mass is 32.1. The first kappa shape index (κ1) is 14.7. The Hall–Kier alpha value is -2.26. The van der Waals surface area contributed by atoms with Gasteiger partial charge in [-0.3, -0.25) is 23.4 Å². The van der Waals surface area contributed by atoms with Gasteiger partial charge in [0.25, 0.3) is 5.56 Å². The number of rotatable bonds is 4. The van der Waals surface area contributed by atoms with E-state index < -0.39 is 5.97 Å². The van der Waals surface area contributed by atoms with Gasteiger partial charge in [0.2, 0.25) is 0 Å². The summed E-state index contributed by atoms with van der Waals surface area (Å²) in [7, 11) is 0. The lowest BCUT2D eigenvalue weighted by Crippen LogP contribution is -2.22. The SMILES string of the molecule is Cc1csc(=O)n1CC(=O)OCc1cc(=O)n2ccsc2n1. The van der Waals surface area contributed by atoms with Gasteiger partial charge in [-0.05, 0) is 6.92 Å². The van der Waals surface area contributed by atoms with Crippen LogP contribution < -0.4 is 10.4 Å². The number of ether oxygens (including phenoxy) is 1. The molecule has 0 aliphatic rings. The van der Waals surface area contributed by atoms with E-state index in [9.17, 15) is 14.4 Å². The van der Waals surface area contributed by atoms with Crippen LogP contribution in [0.4, 0.5) is 0 Å². The minimum atomic E-state index is -0.545. The van der Waals surface area contributed by atoms with Crippen LogP contribution in [0.3, 0.4) is 0 Å². The molecule has 0 fully saturated rings. The molecule has 3 rings (SSSR count). The topological polar surface area (TPSA) is 82.7 Å². The Kier molecular flexibility index (Phi) is 3.90. The highest BCUT2D eigenvalue weighted by Gasteiger charge is 2.11. The van der Waals surface area contributed by atoms with Crippen molar-refractivity contribution < 1.29 is 9.53 Å². The number of esters is 1. The molecule has 0 aliphatic heterocycles. The number of carbonyl (C=O) groups excluding carboxylic acids is 1. The molecule has 0 saturated carbocycles. The summed E-state index contributed by atoms with van der Waals surface area (Å²) in [5, 5.41) is 3.44. The van der Waals surface area contributed by atoms with Gasteiger partial charge < -0.3 is 4.74 Å². The lowest BCUT2D eigenvalue weighted by atomic mass is 10.4. The van der Waals surface area contributed by atoms with Gasteiger partial charge in [0.05, 0.1) is 5.69 Å². The normalized spacial score (nSPS) is 11.0. The number of carbonyl (C=O) groups is 1. The number of aryl methyl sites for hydroxylation is 1. The fraction of sp³-hybridized carbons (Fsp3) is 0.231. The minimum absolute atomic E-state index is 0.0968. The monoisotopic (exact) mass is 337 g/mol. The molecule has 0 aliphatic carbocycles. The van der Waals surface area contributed by atoms with Crippen molar-refractivity contribution >= 4 is 33.6 Å². The van der Waals surface area contributed by atoms with Gasteiger partial charge in [-0.25, -0.2) is 4.98 Å². The largest absolute Gasteiger partial charge is 0.458 e. The molecular formula is C13H11N3O4S2. The summed E-state index contributed by atoms with van der Waals surface area (Å²) >= 11 is 2.36. The van der Waals surface area contributed by atoms with Gasteiger partial charge in [0, 0.05) is 28.7 Å². The van der Waals surface area contributed by atoms with Crippen LogP contribution in [0.25, 0.3) is 4.96 Å². The zero-order valence-electron chi connectivity index (χ0n) is 11.5. The number of hydrogen-bond donors (Lipinski definition) is 0. The Labute approximate surface area is 132 Å². The lowest BCUT2D eigenvalue weighted by Gasteiger charge is -2.06. The van der Waals surface area contributed by atoms with Crippen LogP contribution in [-0.4, -0.2) is 19.9 Å². The molecule has 0 bridgehead atoms. The zero-order chi connectivity index (χ0) is 15.7. The Morgan fingerprint density at radius 1 is 1.36 bits per heavy atom. The van der Waals surface area contributed by atoms with Crippen molar-refractivity contribution in [3.8, 4) is 0 Å². The molecule has 0 aromatic carbocycles.